The Kier molecular flexibility index (Phi) is 6.22. The molecule has 2 aromatic heterocycles. The molecule has 3 aromatic rings. The fourth-order valence-electron chi connectivity index (χ4n) is 2.54. The van der Waals surface area contributed by atoms with Crippen LogP contribution in [-0.2, 0) is 9.53 Å². The molecular weight excluding hydrogens is 378 g/mol. The zero-order chi connectivity index (χ0) is 20.8. The molecule has 0 aliphatic rings. The van der Waals surface area contributed by atoms with Crippen LogP contribution in [-0.4, -0.2) is 51.1 Å². The number of rotatable bonds is 8. The number of hydrogen-bond donors (Lipinski definition) is 2. The van der Waals surface area contributed by atoms with E-state index in [-0.39, 0.29) is 11.4 Å². The zero-order valence-electron chi connectivity index (χ0n) is 16.3. The first-order valence-electron chi connectivity index (χ1n) is 9.09. The van der Waals surface area contributed by atoms with E-state index in [0.717, 1.165) is 0 Å². The molecule has 1 amide bonds. The molecule has 1 atom stereocenters. The number of fused-ring (bicyclic) bond motifs is 1. The van der Waals surface area contributed by atoms with Gasteiger partial charge in [-0.1, -0.05) is 0 Å². The van der Waals surface area contributed by atoms with Gasteiger partial charge in [-0.15, -0.1) is 0 Å². The smallest absolute Gasteiger partial charge is 0.339 e. The monoisotopic (exact) mass is 399 g/mol. The summed E-state index contributed by atoms with van der Waals surface area (Å²) < 4.78 is 16.3. The average Bonchev–Trinajstić information content (AvgIpc) is 3.19. The summed E-state index contributed by atoms with van der Waals surface area (Å²) in [6.07, 6.45) is 1.67. The van der Waals surface area contributed by atoms with E-state index in [1.807, 2.05) is 13.8 Å². The molecule has 152 valence electrons. The molecule has 1 aromatic carbocycles. The van der Waals surface area contributed by atoms with Crippen molar-refractivity contribution in [2.75, 3.05) is 18.5 Å². The summed E-state index contributed by atoms with van der Waals surface area (Å²) in [5, 5.41) is 2.60. The third-order valence-electron chi connectivity index (χ3n) is 3.90. The van der Waals surface area contributed by atoms with Gasteiger partial charge in [0, 0.05) is 0 Å². The quantitative estimate of drug-likeness (QED) is 0.552. The average molecular weight is 399 g/mol. The number of ether oxygens (including phenoxy) is 3. The number of nitrogens with zero attached hydrogens (tertiary/aromatic N) is 3. The molecule has 29 heavy (non-hydrogen) atoms. The molecule has 2 N–H and O–H groups in total. The van der Waals surface area contributed by atoms with Crippen LogP contribution in [0.5, 0.6) is 11.5 Å². The van der Waals surface area contributed by atoms with Crippen molar-refractivity contribution in [2.24, 2.45) is 0 Å². The van der Waals surface area contributed by atoms with Crippen LogP contribution in [0.2, 0.25) is 0 Å². The lowest BCUT2D eigenvalue weighted by Gasteiger charge is -2.15. The fourth-order valence-corrected chi connectivity index (χ4v) is 2.54. The number of nitrogens with one attached hydrogen (secondary N) is 2. The van der Waals surface area contributed by atoms with E-state index < -0.39 is 18.0 Å². The molecule has 10 heteroatoms. The molecule has 0 fully saturated rings. The largest absolute Gasteiger partial charge is 0.490 e. The second kappa shape index (κ2) is 9.00. The van der Waals surface area contributed by atoms with Gasteiger partial charge in [-0.25, -0.2) is 19.7 Å². The third kappa shape index (κ3) is 4.60. The minimum atomic E-state index is -1.06. The molecule has 2 heterocycles. The molecule has 0 radical (unpaired) electrons. The fraction of sp³-hybridized carbons (Fsp3) is 0.316. The highest BCUT2D eigenvalue weighted by Crippen LogP contribution is 2.29. The summed E-state index contributed by atoms with van der Waals surface area (Å²) in [5.74, 6) is 0.0163. The first kappa shape index (κ1) is 20.1. The van der Waals surface area contributed by atoms with Gasteiger partial charge < -0.3 is 24.5 Å². The predicted molar refractivity (Wildman–Crippen MR) is 104 cm³/mol. The van der Waals surface area contributed by atoms with Crippen molar-refractivity contribution in [2.45, 2.75) is 26.9 Å². The second-order valence-electron chi connectivity index (χ2n) is 5.89. The molecule has 0 saturated carbocycles. The number of carbonyl (C=O) groups is 2. The van der Waals surface area contributed by atoms with E-state index in [1.54, 1.807) is 12.1 Å². The van der Waals surface area contributed by atoms with Gasteiger partial charge in [0.1, 0.15) is 11.8 Å². The van der Waals surface area contributed by atoms with Crippen LogP contribution in [0.1, 0.15) is 31.1 Å². The standard InChI is InChI=1S/C19H21N5O5/c1-4-27-13-7-6-12(8-14(13)28-5-2)19(26)29-11(3)18(25)24-17-15-16(21-9-20-15)22-10-23-17/h6-11H,4-5H2,1-3H3,(H2,20,21,22,23,24,25). The first-order chi connectivity index (χ1) is 14.0. The number of amides is 1. The number of aromatic nitrogens is 4. The molecular formula is C19H21N5O5. The van der Waals surface area contributed by atoms with Gasteiger partial charge in [-0.05, 0) is 39.0 Å². The maximum atomic E-state index is 12.5. The second-order valence-corrected chi connectivity index (χ2v) is 5.89. The minimum absolute atomic E-state index is 0.245. The summed E-state index contributed by atoms with van der Waals surface area (Å²) in [7, 11) is 0. The van der Waals surface area contributed by atoms with E-state index >= 15 is 0 Å². The van der Waals surface area contributed by atoms with Crippen LogP contribution in [0.25, 0.3) is 11.2 Å². The summed E-state index contributed by atoms with van der Waals surface area (Å²) in [4.78, 5) is 39.7. The highest BCUT2D eigenvalue weighted by molar-refractivity contribution is 6.00. The first-order valence-corrected chi connectivity index (χ1v) is 9.09. The van der Waals surface area contributed by atoms with Crippen LogP contribution in [0.4, 0.5) is 5.82 Å². The summed E-state index contributed by atoms with van der Waals surface area (Å²) in [6.45, 7) is 6.03. The number of hydrogen-bond acceptors (Lipinski definition) is 8. The minimum Gasteiger partial charge on any atom is -0.490 e. The van der Waals surface area contributed by atoms with Gasteiger partial charge in [0.05, 0.1) is 25.1 Å². The van der Waals surface area contributed by atoms with Crippen molar-refractivity contribution in [3.63, 3.8) is 0 Å². The van der Waals surface area contributed by atoms with Crippen LogP contribution in [0.3, 0.4) is 0 Å². The molecule has 0 aliphatic carbocycles. The number of esters is 1. The molecule has 1 unspecified atom stereocenters. The lowest BCUT2D eigenvalue weighted by Crippen LogP contribution is -2.30. The van der Waals surface area contributed by atoms with Crippen molar-refractivity contribution in [1.29, 1.82) is 0 Å². The van der Waals surface area contributed by atoms with Gasteiger partial charge in [0.15, 0.2) is 29.1 Å². The van der Waals surface area contributed by atoms with Crippen LogP contribution in [0, 0.1) is 0 Å². The van der Waals surface area contributed by atoms with Crippen molar-refractivity contribution >= 4 is 28.9 Å². The Labute approximate surface area is 166 Å². The lowest BCUT2D eigenvalue weighted by molar-refractivity contribution is -0.123. The summed E-state index contributed by atoms with van der Waals surface area (Å²) >= 11 is 0. The Morgan fingerprint density at radius 2 is 1.86 bits per heavy atom. The van der Waals surface area contributed by atoms with Crippen LogP contribution >= 0.6 is 0 Å². The molecule has 0 bridgehead atoms. The normalized spacial score (nSPS) is 11.7. The van der Waals surface area contributed by atoms with Crippen LogP contribution in [0.15, 0.2) is 30.9 Å². The lowest BCUT2D eigenvalue weighted by atomic mass is 10.2. The summed E-state index contributed by atoms with van der Waals surface area (Å²) in [6, 6.07) is 4.71. The van der Waals surface area contributed by atoms with E-state index in [1.165, 1.54) is 25.6 Å². The maximum absolute atomic E-state index is 12.5. The van der Waals surface area contributed by atoms with Crippen molar-refractivity contribution in [1.82, 2.24) is 19.9 Å². The molecule has 0 aliphatic heterocycles. The third-order valence-corrected chi connectivity index (χ3v) is 3.90. The predicted octanol–water partition coefficient (Wildman–Crippen LogP) is 2.33. The summed E-state index contributed by atoms with van der Waals surface area (Å²) in [5.41, 5.74) is 1.14. The van der Waals surface area contributed by atoms with Gasteiger partial charge in [-0.3, -0.25) is 4.79 Å². The van der Waals surface area contributed by atoms with Gasteiger partial charge >= 0.3 is 5.97 Å². The van der Waals surface area contributed by atoms with Crippen LogP contribution < -0.4 is 14.8 Å². The van der Waals surface area contributed by atoms with Gasteiger partial charge in [0.2, 0.25) is 0 Å². The van der Waals surface area contributed by atoms with E-state index in [9.17, 15) is 9.59 Å². The molecule has 0 spiro atoms. The van der Waals surface area contributed by atoms with Gasteiger partial charge in [0.25, 0.3) is 5.91 Å². The number of H-pyrrole nitrogens is 1. The Hall–Kier alpha value is -3.69. The van der Waals surface area contributed by atoms with Crippen molar-refractivity contribution in [3.8, 4) is 11.5 Å². The number of imidazole rings is 1. The number of benzene rings is 1. The molecule has 3 rings (SSSR count). The Morgan fingerprint density at radius 3 is 2.62 bits per heavy atom. The molecule has 10 nitrogen and oxygen atoms in total. The highest BCUT2D eigenvalue weighted by atomic mass is 16.5. The SMILES string of the molecule is CCOc1ccc(C(=O)OC(C)C(=O)Nc2ncnc3nc[nH]c23)cc1OCC. The van der Waals surface area contributed by atoms with Crippen molar-refractivity contribution < 1.29 is 23.8 Å². The Balaban J connectivity index is 1.68. The van der Waals surface area contributed by atoms with Gasteiger partial charge in [-0.2, -0.15) is 0 Å². The number of anilines is 1. The van der Waals surface area contributed by atoms with E-state index in [4.69, 9.17) is 14.2 Å². The Morgan fingerprint density at radius 1 is 1.10 bits per heavy atom. The van der Waals surface area contributed by atoms with E-state index in [2.05, 4.69) is 25.3 Å². The highest BCUT2D eigenvalue weighted by Gasteiger charge is 2.21. The molecule has 0 saturated heterocycles. The number of aromatic amines is 1. The maximum Gasteiger partial charge on any atom is 0.339 e. The Bertz CT molecular complexity index is 1020. The van der Waals surface area contributed by atoms with Crippen molar-refractivity contribution in [3.05, 3.63) is 36.4 Å². The number of carbonyl (C=O) groups excluding carboxylic acids is 2. The zero-order valence-corrected chi connectivity index (χ0v) is 16.3. The topological polar surface area (TPSA) is 128 Å². The van der Waals surface area contributed by atoms with E-state index in [0.29, 0.717) is 35.9 Å².